The van der Waals surface area contributed by atoms with E-state index >= 15 is 0 Å². The molecule has 0 spiro atoms. The zero-order valence-corrected chi connectivity index (χ0v) is 22.9. The lowest BCUT2D eigenvalue weighted by molar-refractivity contribution is -0.139. The van der Waals surface area contributed by atoms with Crippen molar-refractivity contribution in [1.29, 1.82) is 0 Å². The van der Waals surface area contributed by atoms with E-state index in [-0.39, 0.29) is 17.3 Å². The van der Waals surface area contributed by atoms with Gasteiger partial charge in [0, 0.05) is 13.6 Å². The number of para-hydroxylation sites is 1. The SMILES string of the molecule is CCOc1ccc(S(=O)(=O)N(CC(=O)N(CCc2ccccc2)[C@@H](CC)C(=O)NC)c2ccccc2)cc1. The summed E-state index contributed by atoms with van der Waals surface area (Å²) in [5.74, 6) is -0.207. The van der Waals surface area contributed by atoms with Crippen LogP contribution < -0.4 is 14.4 Å². The van der Waals surface area contributed by atoms with E-state index in [1.807, 2.05) is 44.2 Å². The number of likely N-dealkylation sites (N-methyl/N-ethyl adjacent to an activating group) is 1. The van der Waals surface area contributed by atoms with Crippen LogP contribution >= 0.6 is 0 Å². The molecule has 0 radical (unpaired) electrons. The number of amides is 2. The third-order valence-electron chi connectivity index (χ3n) is 6.16. The Kier molecular flexibility index (Phi) is 10.3. The highest BCUT2D eigenvalue weighted by Gasteiger charge is 2.33. The van der Waals surface area contributed by atoms with E-state index in [0.717, 1.165) is 9.87 Å². The first kappa shape index (κ1) is 28.7. The number of ether oxygens (including phenoxy) is 1. The molecule has 0 bridgehead atoms. The molecule has 3 aromatic rings. The van der Waals surface area contributed by atoms with E-state index in [2.05, 4.69) is 5.32 Å². The molecule has 0 aliphatic heterocycles. The number of rotatable bonds is 13. The molecule has 0 unspecified atom stereocenters. The molecule has 8 nitrogen and oxygen atoms in total. The molecule has 202 valence electrons. The summed E-state index contributed by atoms with van der Waals surface area (Å²) in [6.45, 7) is 3.94. The Bertz CT molecular complexity index is 1280. The second-order valence-electron chi connectivity index (χ2n) is 8.61. The van der Waals surface area contributed by atoms with Crippen LogP contribution in [0.15, 0.2) is 89.8 Å². The normalized spacial score (nSPS) is 11.9. The lowest BCUT2D eigenvalue weighted by Crippen LogP contribution is -2.52. The van der Waals surface area contributed by atoms with Crippen LogP contribution in [-0.2, 0) is 26.0 Å². The number of hydrogen-bond acceptors (Lipinski definition) is 5. The molecule has 0 saturated carbocycles. The molecule has 38 heavy (non-hydrogen) atoms. The Labute approximate surface area is 225 Å². The lowest BCUT2D eigenvalue weighted by Gasteiger charge is -2.33. The van der Waals surface area contributed by atoms with Gasteiger partial charge in [-0.25, -0.2) is 8.42 Å². The molecule has 3 aromatic carbocycles. The topological polar surface area (TPSA) is 96.0 Å². The smallest absolute Gasteiger partial charge is 0.264 e. The second kappa shape index (κ2) is 13.6. The molecule has 0 heterocycles. The van der Waals surface area contributed by atoms with Gasteiger partial charge in [-0.05, 0) is 61.7 Å². The summed E-state index contributed by atoms with van der Waals surface area (Å²) in [5.41, 5.74) is 1.37. The van der Waals surface area contributed by atoms with Crippen molar-refractivity contribution in [2.45, 2.75) is 37.6 Å². The lowest BCUT2D eigenvalue weighted by atomic mass is 10.1. The molecule has 0 saturated heterocycles. The first-order valence-electron chi connectivity index (χ1n) is 12.7. The van der Waals surface area contributed by atoms with Crippen molar-refractivity contribution in [3.63, 3.8) is 0 Å². The minimum Gasteiger partial charge on any atom is -0.494 e. The summed E-state index contributed by atoms with van der Waals surface area (Å²) in [6, 6.07) is 23.5. The van der Waals surface area contributed by atoms with Crippen molar-refractivity contribution >= 4 is 27.5 Å². The van der Waals surface area contributed by atoms with Crippen LogP contribution in [0.1, 0.15) is 25.8 Å². The number of nitrogens with one attached hydrogen (secondary N) is 1. The van der Waals surface area contributed by atoms with Gasteiger partial charge in [0.05, 0.1) is 17.2 Å². The maximum atomic E-state index is 13.8. The average Bonchev–Trinajstić information content (AvgIpc) is 2.95. The first-order valence-corrected chi connectivity index (χ1v) is 14.1. The van der Waals surface area contributed by atoms with Crippen molar-refractivity contribution in [3.05, 3.63) is 90.5 Å². The number of carbonyl (C=O) groups excluding carboxylic acids is 2. The van der Waals surface area contributed by atoms with Gasteiger partial charge in [0.25, 0.3) is 10.0 Å². The predicted molar refractivity (Wildman–Crippen MR) is 149 cm³/mol. The van der Waals surface area contributed by atoms with Crippen molar-refractivity contribution in [2.75, 3.05) is 31.0 Å². The fourth-order valence-corrected chi connectivity index (χ4v) is 5.60. The van der Waals surface area contributed by atoms with E-state index in [9.17, 15) is 18.0 Å². The summed E-state index contributed by atoms with van der Waals surface area (Å²) in [7, 11) is -2.58. The largest absolute Gasteiger partial charge is 0.494 e. The highest BCUT2D eigenvalue weighted by atomic mass is 32.2. The summed E-state index contributed by atoms with van der Waals surface area (Å²) in [6.07, 6.45) is 0.911. The molecule has 1 atom stereocenters. The Balaban J connectivity index is 1.96. The molecule has 2 amide bonds. The van der Waals surface area contributed by atoms with E-state index in [1.54, 1.807) is 42.5 Å². The number of nitrogens with zero attached hydrogens (tertiary/aromatic N) is 2. The molecular formula is C29H35N3O5S. The van der Waals surface area contributed by atoms with Crippen LogP contribution in [0.3, 0.4) is 0 Å². The molecule has 0 aromatic heterocycles. The molecule has 9 heteroatoms. The summed E-state index contributed by atoms with van der Waals surface area (Å²) < 4.78 is 34.1. The fourth-order valence-electron chi connectivity index (χ4n) is 4.19. The van der Waals surface area contributed by atoms with Crippen molar-refractivity contribution in [2.24, 2.45) is 0 Å². The Hall–Kier alpha value is -3.85. The maximum Gasteiger partial charge on any atom is 0.264 e. The van der Waals surface area contributed by atoms with Gasteiger partial charge >= 0.3 is 0 Å². The highest BCUT2D eigenvalue weighted by molar-refractivity contribution is 7.92. The van der Waals surface area contributed by atoms with Crippen LogP contribution in [0, 0.1) is 0 Å². The summed E-state index contributed by atoms with van der Waals surface area (Å²) >= 11 is 0. The van der Waals surface area contributed by atoms with E-state index in [0.29, 0.717) is 30.9 Å². The Morgan fingerprint density at radius 3 is 2.05 bits per heavy atom. The first-order chi connectivity index (χ1) is 18.3. The number of benzene rings is 3. The van der Waals surface area contributed by atoms with Gasteiger partial charge in [-0.2, -0.15) is 0 Å². The quantitative estimate of drug-likeness (QED) is 0.357. The summed E-state index contributed by atoms with van der Waals surface area (Å²) in [4.78, 5) is 28.0. The number of anilines is 1. The van der Waals surface area contributed by atoms with Gasteiger partial charge in [-0.3, -0.25) is 13.9 Å². The van der Waals surface area contributed by atoms with E-state index in [4.69, 9.17) is 4.74 Å². The van der Waals surface area contributed by atoms with Crippen molar-refractivity contribution in [1.82, 2.24) is 10.2 Å². The molecule has 0 aliphatic rings. The standard InChI is InChI=1S/C29H35N3O5S/c1-4-27(29(34)30-3)31(21-20-23-12-8-6-9-13-23)28(33)22-32(24-14-10-7-11-15-24)38(35,36)26-18-16-25(17-19-26)37-5-2/h6-19,27H,4-5,20-22H2,1-3H3,(H,30,34)/t27-/m0/s1. The number of sulfonamides is 1. The third-order valence-corrected chi connectivity index (χ3v) is 7.95. The molecule has 0 fully saturated rings. The monoisotopic (exact) mass is 537 g/mol. The molecular weight excluding hydrogens is 502 g/mol. The predicted octanol–water partition coefficient (Wildman–Crippen LogP) is 3.88. The van der Waals surface area contributed by atoms with Gasteiger partial charge in [0.2, 0.25) is 11.8 Å². The Morgan fingerprint density at radius 2 is 1.50 bits per heavy atom. The van der Waals surface area contributed by atoms with E-state index < -0.39 is 28.5 Å². The zero-order valence-electron chi connectivity index (χ0n) is 22.0. The fraction of sp³-hybridized carbons (Fsp3) is 0.310. The van der Waals surface area contributed by atoms with Crippen LogP contribution in [0.25, 0.3) is 0 Å². The second-order valence-corrected chi connectivity index (χ2v) is 10.5. The van der Waals surface area contributed by atoms with Crippen LogP contribution in [-0.4, -0.2) is 57.9 Å². The van der Waals surface area contributed by atoms with Crippen molar-refractivity contribution < 1.29 is 22.7 Å². The van der Waals surface area contributed by atoms with Gasteiger partial charge in [0.1, 0.15) is 18.3 Å². The van der Waals surface area contributed by atoms with Crippen molar-refractivity contribution in [3.8, 4) is 5.75 Å². The van der Waals surface area contributed by atoms with Crippen LogP contribution in [0.4, 0.5) is 5.69 Å². The molecule has 1 N–H and O–H groups in total. The van der Waals surface area contributed by atoms with Gasteiger partial charge in [0.15, 0.2) is 0 Å². The van der Waals surface area contributed by atoms with E-state index in [1.165, 1.54) is 24.1 Å². The van der Waals surface area contributed by atoms with Gasteiger partial charge < -0.3 is 15.0 Å². The highest BCUT2D eigenvalue weighted by Crippen LogP contribution is 2.25. The third kappa shape index (κ3) is 7.13. The van der Waals surface area contributed by atoms with Crippen LogP contribution in [0.2, 0.25) is 0 Å². The maximum absolute atomic E-state index is 13.8. The summed E-state index contributed by atoms with van der Waals surface area (Å²) in [5, 5.41) is 2.63. The van der Waals surface area contributed by atoms with Crippen LogP contribution in [0.5, 0.6) is 5.75 Å². The minimum absolute atomic E-state index is 0.0341. The average molecular weight is 538 g/mol. The zero-order chi connectivity index (χ0) is 27.5. The molecule has 3 rings (SSSR count). The minimum atomic E-state index is -4.11. The number of hydrogen-bond donors (Lipinski definition) is 1. The Morgan fingerprint density at radius 1 is 0.895 bits per heavy atom. The molecule has 0 aliphatic carbocycles. The number of carbonyl (C=O) groups is 2. The van der Waals surface area contributed by atoms with Gasteiger partial charge in [-0.1, -0.05) is 55.5 Å². The van der Waals surface area contributed by atoms with Gasteiger partial charge in [-0.15, -0.1) is 0 Å².